The minimum atomic E-state index is -3.35. The third kappa shape index (κ3) is 5.92. The highest BCUT2D eigenvalue weighted by atomic mass is 32.2. The molecule has 0 atom stereocenters. The van der Waals surface area contributed by atoms with E-state index in [4.69, 9.17) is 4.74 Å². The van der Waals surface area contributed by atoms with Gasteiger partial charge in [0.25, 0.3) is 0 Å². The number of nitrogens with zero attached hydrogens (tertiary/aromatic N) is 1. The number of ether oxygens (including phenoxy) is 1. The van der Waals surface area contributed by atoms with E-state index in [1.807, 2.05) is 43.3 Å². The highest BCUT2D eigenvalue weighted by Crippen LogP contribution is 2.11. The van der Waals surface area contributed by atoms with Crippen LogP contribution in [0.3, 0.4) is 0 Å². The smallest absolute Gasteiger partial charge is 0.216 e. The highest BCUT2D eigenvalue weighted by Gasteiger charge is 2.12. The van der Waals surface area contributed by atoms with E-state index in [9.17, 15) is 8.42 Å². The van der Waals surface area contributed by atoms with E-state index < -0.39 is 10.0 Å². The van der Waals surface area contributed by atoms with Crippen molar-refractivity contribution in [3.8, 4) is 0 Å². The predicted octanol–water partition coefficient (Wildman–Crippen LogP) is 2.45. The van der Waals surface area contributed by atoms with Gasteiger partial charge in [0.1, 0.15) is 0 Å². The molecule has 1 saturated heterocycles. The minimum absolute atomic E-state index is 0.00376. The maximum Gasteiger partial charge on any atom is 0.216 e. The Kier molecular flexibility index (Phi) is 6.43. The van der Waals surface area contributed by atoms with E-state index in [0.29, 0.717) is 6.54 Å². The molecule has 0 aliphatic carbocycles. The van der Waals surface area contributed by atoms with Gasteiger partial charge in [0.05, 0.1) is 19.0 Å². The first-order valence-electron chi connectivity index (χ1n) is 8.91. The summed E-state index contributed by atoms with van der Waals surface area (Å²) in [5, 5.41) is 0. The fourth-order valence-corrected chi connectivity index (χ4v) is 4.15. The molecule has 3 rings (SSSR count). The lowest BCUT2D eigenvalue weighted by Gasteiger charge is -2.26. The maximum atomic E-state index is 12.3. The monoisotopic (exact) mass is 374 g/mol. The number of benzene rings is 2. The molecule has 2 aromatic carbocycles. The number of aryl methyl sites for hydroxylation is 1. The molecule has 0 aromatic heterocycles. The lowest BCUT2D eigenvalue weighted by Crippen LogP contribution is -2.35. The van der Waals surface area contributed by atoms with Crippen molar-refractivity contribution in [3.05, 3.63) is 70.8 Å². The van der Waals surface area contributed by atoms with Gasteiger partial charge in [0.2, 0.25) is 10.0 Å². The van der Waals surface area contributed by atoms with Crippen molar-refractivity contribution < 1.29 is 13.2 Å². The second-order valence-electron chi connectivity index (χ2n) is 6.77. The molecule has 1 heterocycles. The van der Waals surface area contributed by atoms with Crippen LogP contribution in [0.5, 0.6) is 0 Å². The van der Waals surface area contributed by atoms with E-state index in [1.165, 1.54) is 5.56 Å². The average Bonchev–Trinajstić information content (AvgIpc) is 2.62. The van der Waals surface area contributed by atoms with E-state index in [0.717, 1.165) is 49.5 Å². The Morgan fingerprint density at radius 3 is 2.38 bits per heavy atom. The molecule has 1 aliphatic rings. The summed E-state index contributed by atoms with van der Waals surface area (Å²) in [4.78, 5) is 2.36. The van der Waals surface area contributed by atoms with Crippen LogP contribution in [0.25, 0.3) is 0 Å². The molecule has 140 valence electrons. The molecule has 2 aromatic rings. The Morgan fingerprint density at radius 2 is 1.69 bits per heavy atom. The Hall–Kier alpha value is -1.73. The van der Waals surface area contributed by atoms with Crippen molar-refractivity contribution in [1.82, 2.24) is 9.62 Å². The van der Waals surface area contributed by atoms with Crippen molar-refractivity contribution in [2.45, 2.75) is 25.8 Å². The zero-order chi connectivity index (χ0) is 18.4. The van der Waals surface area contributed by atoms with Gasteiger partial charge in [0.15, 0.2) is 0 Å². The van der Waals surface area contributed by atoms with E-state index in [1.54, 1.807) is 0 Å². The van der Waals surface area contributed by atoms with Crippen LogP contribution in [-0.4, -0.2) is 39.6 Å². The number of hydrogen-bond donors (Lipinski definition) is 1. The molecule has 0 unspecified atom stereocenters. The lowest BCUT2D eigenvalue weighted by atomic mass is 10.1. The largest absolute Gasteiger partial charge is 0.379 e. The first kappa shape index (κ1) is 19.0. The molecule has 0 spiro atoms. The van der Waals surface area contributed by atoms with Crippen LogP contribution >= 0.6 is 0 Å². The van der Waals surface area contributed by atoms with Gasteiger partial charge in [-0.3, -0.25) is 4.90 Å². The summed E-state index contributed by atoms with van der Waals surface area (Å²) in [6, 6.07) is 15.7. The van der Waals surface area contributed by atoms with Gasteiger partial charge in [0, 0.05) is 26.2 Å². The zero-order valence-corrected chi connectivity index (χ0v) is 16.0. The quantitative estimate of drug-likeness (QED) is 0.809. The number of morpholine rings is 1. The molecule has 0 amide bonds. The summed E-state index contributed by atoms with van der Waals surface area (Å²) >= 11 is 0. The fourth-order valence-electron chi connectivity index (χ4n) is 3.05. The van der Waals surface area contributed by atoms with Crippen LogP contribution in [0.15, 0.2) is 48.5 Å². The van der Waals surface area contributed by atoms with Gasteiger partial charge in [-0.15, -0.1) is 0 Å². The van der Waals surface area contributed by atoms with E-state index >= 15 is 0 Å². The minimum Gasteiger partial charge on any atom is -0.379 e. The maximum absolute atomic E-state index is 12.3. The Morgan fingerprint density at radius 1 is 1.00 bits per heavy atom. The van der Waals surface area contributed by atoms with Crippen LogP contribution in [0.4, 0.5) is 0 Å². The van der Waals surface area contributed by atoms with Crippen molar-refractivity contribution in [2.75, 3.05) is 26.3 Å². The predicted molar refractivity (Wildman–Crippen MR) is 103 cm³/mol. The molecule has 0 radical (unpaired) electrons. The Labute approximate surface area is 156 Å². The van der Waals surface area contributed by atoms with Crippen LogP contribution < -0.4 is 4.72 Å². The SMILES string of the molecule is Cc1cccc(CS(=O)(=O)NCc2ccc(CN3CCOCC3)cc2)c1. The number of nitrogens with one attached hydrogen (secondary N) is 1. The van der Waals surface area contributed by atoms with E-state index in [2.05, 4.69) is 21.8 Å². The molecule has 26 heavy (non-hydrogen) atoms. The van der Waals surface area contributed by atoms with Crippen molar-refractivity contribution in [2.24, 2.45) is 0 Å². The molecule has 6 heteroatoms. The standard InChI is InChI=1S/C20H26N2O3S/c1-17-3-2-4-20(13-17)16-26(23,24)21-14-18-5-7-19(8-6-18)15-22-9-11-25-12-10-22/h2-8,13,21H,9-12,14-16H2,1H3. The Balaban J connectivity index is 1.52. The second-order valence-corrected chi connectivity index (χ2v) is 8.58. The van der Waals surface area contributed by atoms with Crippen LogP contribution in [-0.2, 0) is 33.6 Å². The van der Waals surface area contributed by atoms with Gasteiger partial charge in [-0.25, -0.2) is 13.1 Å². The molecular formula is C20H26N2O3S. The number of sulfonamides is 1. The normalized spacial score (nSPS) is 15.9. The van der Waals surface area contributed by atoms with Gasteiger partial charge < -0.3 is 4.74 Å². The van der Waals surface area contributed by atoms with Crippen molar-refractivity contribution >= 4 is 10.0 Å². The third-order valence-corrected chi connectivity index (χ3v) is 5.77. The van der Waals surface area contributed by atoms with Crippen LogP contribution in [0, 0.1) is 6.92 Å². The molecule has 1 N–H and O–H groups in total. The van der Waals surface area contributed by atoms with Gasteiger partial charge in [-0.05, 0) is 23.6 Å². The molecule has 1 fully saturated rings. The van der Waals surface area contributed by atoms with Crippen molar-refractivity contribution in [1.29, 1.82) is 0 Å². The summed E-state index contributed by atoms with van der Waals surface area (Å²) in [6.07, 6.45) is 0. The number of hydrogen-bond acceptors (Lipinski definition) is 4. The molecule has 1 aliphatic heterocycles. The summed E-state index contributed by atoms with van der Waals surface area (Å²) in [5.74, 6) is 0.00376. The summed E-state index contributed by atoms with van der Waals surface area (Å²) in [6.45, 7) is 6.68. The lowest BCUT2D eigenvalue weighted by molar-refractivity contribution is 0.0342. The first-order valence-corrected chi connectivity index (χ1v) is 10.6. The van der Waals surface area contributed by atoms with Crippen molar-refractivity contribution in [3.63, 3.8) is 0 Å². The van der Waals surface area contributed by atoms with Crippen LogP contribution in [0.1, 0.15) is 22.3 Å². The summed E-state index contributed by atoms with van der Waals surface area (Å²) < 4.78 is 32.6. The number of rotatable bonds is 7. The molecule has 0 bridgehead atoms. The van der Waals surface area contributed by atoms with Gasteiger partial charge >= 0.3 is 0 Å². The highest BCUT2D eigenvalue weighted by molar-refractivity contribution is 7.88. The second kappa shape index (κ2) is 8.77. The average molecular weight is 375 g/mol. The zero-order valence-electron chi connectivity index (χ0n) is 15.1. The topological polar surface area (TPSA) is 58.6 Å². The van der Waals surface area contributed by atoms with Gasteiger partial charge in [-0.1, -0.05) is 54.1 Å². The Bertz CT molecular complexity index is 813. The third-order valence-electron chi connectivity index (χ3n) is 4.47. The molecule has 5 nitrogen and oxygen atoms in total. The van der Waals surface area contributed by atoms with Crippen LogP contribution in [0.2, 0.25) is 0 Å². The fraction of sp³-hybridized carbons (Fsp3) is 0.400. The van der Waals surface area contributed by atoms with E-state index in [-0.39, 0.29) is 5.75 Å². The molecule has 0 saturated carbocycles. The molecular weight excluding hydrogens is 348 g/mol. The van der Waals surface area contributed by atoms with Gasteiger partial charge in [-0.2, -0.15) is 0 Å². The first-order chi connectivity index (χ1) is 12.5. The summed E-state index contributed by atoms with van der Waals surface area (Å²) in [5.41, 5.74) is 4.06. The summed E-state index contributed by atoms with van der Waals surface area (Å²) in [7, 11) is -3.35.